The summed E-state index contributed by atoms with van der Waals surface area (Å²) in [7, 11) is 0. The second-order valence-electron chi connectivity index (χ2n) is 7.01. The lowest BCUT2D eigenvalue weighted by atomic mass is 10.0. The number of carbonyl (C=O) groups is 2. The van der Waals surface area contributed by atoms with E-state index in [0.29, 0.717) is 43.1 Å². The Bertz CT molecular complexity index is 799. The third-order valence-corrected chi connectivity index (χ3v) is 5.29. The third kappa shape index (κ3) is 5.52. The van der Waals surface area contributed by atoms with Crippen LogP contribution in [0.25, 0.3) is 0 Å². The molecule has 0 unspecified atom stereocenters. The maximum atomic E-state index is 12.3. The minimum absolute atomic E-state index is 0.0203. The number of likely N-dealkylation sites (tertiary alicyclic amines) is 1. The molecule has 7 heteroatoms. The van der Waals surface area contributed by atoms with Gasteiger partial charge in [0.15, 0.2) is 0 Å². The molecule has 1 fully saturated rings. The maximum absolute atomic E-state index is 12.3. The van der Waals surface area contributed by atoms with E-state index in [4.69, 9.17) is 20.8 Å². The Hall–Kier alpha value is -2.47. The molecule has 6 nitrogen and oxygen atoms in total. The SMILES string of the molecule is Cc1cc(OCCCC(=O)NC2CCN(C(=O)c3ccoc3)CC2)ccc1Cl. The summed E-state index contributed by atoms with van der Waals surface area (Å²) in [5.74, 6) is 0.764. The van der Waals surface area contributed by atoms with Gasteiger partial charge in [-0.1, -0.05) is 11.6 Å². The molecule has 3 rings (SSSR count). The molecule has 0 saturated carbocycles. The topological polar surface area (TPSA) is 71.8 Å². The Kier molecular flexibility index (Phi) is 6.98. The molecule has 1 N–H and O–H groups in total. The van der Waals surface area contributed by atoms with Gasteiger partial charge in [-0.15, -0.1) is 0 Å². The first kappa shape index (κ1) is 20.3. The Morgan fingerprint density at radius 3 is 2.75 bits per heavy atom. The molecule has 2 aromatic rings. The fourth-order valence-corrected chi connectivity index (χ4v) is 3.34. The fraction of sp³-hybridized carbons (Fsp3) is 0.429. The lowest BCUT2D eigenvalue weighted by molar-refractivity contribution is -0.122. The van der Waals surface area contributed by atoms with Gasteiger partial charge in [-0.3, -0.25) is 9.59 Å². The van der Waals surface area contributed by atoms with Crippen LogP contribution >= 0.6 is 11.6 Å². The highest BCUT2D eigenvalue weighted by Gasteiger charge is 2.24. The van der Waals surface area contributed by atoms with Gasteiger partial charge in [0.05, 0.1) is 18.4 Å². The number of piperidine rings is 1. The highest BCUT2D eigenvalue weighted by molar-refractivity contribution is 6.31. The van der Waals surface area contributed by atoms with Crippen molar-refractivity contribution in [1.82, 2.24) is 10.2 Å². The number of hydrogen-bond donors (Lipinski definition) is 1. The average molecular weight is 405 g/mol. The van der Waals surface area contributed by atoms with Gasteiger partial charge in [0.2, 0.25) is 5.91 Å². The monoisotopic (exact) mass is 404 g/mol. The van der Waals surface area contributed by atoms with Crippen molar-refractivity contribution in [3.05, 3.63) is 52.9 Å². The number of furan rings is 1. The fourth-order valence-electron chi connectivity index (χ4n) is 3.23. The van der Waals surface area contributed by atoms with Gasteiger partial charge in [-0.05, 0) is 56.0 Å². The molecule has 0 spiro atoms. The van der Waals surface area contributed by atoms with Crippen molar-refractivity contribution in [1.29, 1.82) is 0 Å². The highest BCUT2D eigenvalue weighted by Crippen LogP contribution is 2.21. The summed E-state index contributed by atoms with van der Waals surface area (Å²) in [6.45, 7) is 3.67. The van der Waals surface area contributed by atoms with Gasteiger partial charge in [0.25, 0.3) is 5.91 Å². The first-order chi connectivity index (χ1) is 13.5. The number of hydrogen-bond acceptors (Lipinski definition) is 4. The van der Waals surface area contributed by atoms with E-state index in [0.717, 1.165) is 24.2 Å². The zero-order chi connectivity index (χ0) is 19.9. The summed E-state index contributed by atoms with van der Waals surface area (Å²) < 4.78 is 10.6. The average Bonchev–Trinajstić information content (AvgIpc) is 3.23. The largest absolute Gasteiger partial charge is 0.494 e. The molecular formula is C21H25ClN2O4. The van der Waals surface area contributed by atoms with Gasteiger partial charge in [-0.2, -0.15) is 0 Å². The molecular weight excluding hydrogens is 380 g/mol. The number of nitrogens with one attached hydrogen (secondary N) is 1. The lowest BCUT2D eigenvalue weighted by Crippen LogP contribution is -2.46. The number of benzene rings is 1. The summed E-state index contributed by atoms with van der Waals surface area (Å²) in [6.07, 6.45) is 5.54. The van der Waals surface area contributed by atoms with Gasteiger partial charge < -0.3 is 19.4 Å². The summed E-state index contributed by atoms with van der Waals surface area (Å²) in [5, 5.41) is 3.77. The van der Waals surface area contributed by atoms with E-state index in [1.807, 2.05) is 25.1 Å². The second kappa shape index (κ2) is 9.64. The zero-order valence-electron chi connectivity index (χ0n) is 15.9. The van der Waals surface area contributed by atoms with Gasteiger partial charge in [-0.25, -0.2) is 0 Å². The second-order valence-corrected chi connectivity index (χ2v) is 7.42. The quantitative estimate of drug-likeness (QED) is 0.712. The molecule has 28 heavy (non-hydrogen) atoms. The standard InChI is InChI=1S/C21H25ClN2O4/c1-15-13-18(4-5-19(15)22)28-11-2-3-20(25)23-17-6-9-24(10-7-17)21(26)16-8-12-27-14-16/h4-5,8,12-14,17H,2-3,6-7,9-11H2,1H3,(H,23,25). The summed E-state index contributed by atoms with van der Waals surface area (Å²) in [5.41, 5.74) is 1.54. The zero-order valence-corrected chi connectivity index (χ0v) is 16.7. The number of carbonyl (C=O) groups excluding carboxylic acids is 2. The van der Waals surface area contributed by atoms with Crippen LogP contribution in [0.3, 0.4) is 0 Å². The number of amides is 2. The normalized spacial score (nSPS) is 14.7. The lowest BCUT2D eigenvalue weighted by Gasteiger charge is -2.32. The van der Waals surface area contributed by atoms with E-state index < -0.39 is 0 Å². The van der Waals surface area contributed by atoms with Crippen LogP contribution in [0.1, 0.15) is 41.6 Å². The number of ether oxygens (including phenoxy) is 1. The molecule has 2 amide bonds. The number of nitrogens with zero attached hydrogens (tertiary/aromatic N) is 1. The summed E-state index contributed by atoms with van der Waals surface area (Å²) >= 11 is 5.99. The molecule has 1 aliphatic heterocycles. The Morgan fingerprint density at radius 1 is 1.29 bits per heavy atom. The predicted octanol–water partition coefficient (Wildman–Crippen LogP) is 3.82. The van der Waals surface area contributed by atoms with Gasteiger partial charge >= 0.3 is 0 Å². The smallest absolute Gasteiger partial charge is 0.257 e. The van der Waals surface area contributed by atoms with E-state index in [2.05, 4.69) is 5.32 Å². The number of halogens is 1. The van der Waals surface area contributed by atoms with Gasteiger partial charge in [0.1, 0.15) is 12.0 Å². The van der Waals surface area contributed by atoms with Crippen LogP contribution in [0.5, 0.6) is 5.75 Å². The molecule has 0 aliphatic carbocycles. The Morgan fingerprint density at radius 2 is 2.07 bits per heavy atom. The van der Waals surface area contributed by atoms with Crippen LogP contribution in [-0.4, -0.2) is 42.5 Å². The molecule has 0 atom stereocenters. The molecule has 0 bridgehead atoms. The minimum atomic E-state index is -0.0203. The predicted molar refractivity (Wildman–Crippen MR) is 107 cm³/mol. The summed E-state index contributed by atoms with van der Waals surface area (Å²) in [6, 6.07) is 7.31. The Balaban J connectivity index is 1.32. The number of aryl methyl sites for hydroxylation is 1. The summed E-state index contributed by atoms with van der Waals surface area (Å²) in [4.78, 5) is 26.2. The van der Waals surface area contributed by atoms with Crippen LogP contribution in [0, 0.1) is 6.92 Å². The number of rotatable bonds is 7. The molecule has 1 aromatic carbocycles. The first-order valence-electron chi connectivity index (χ1n) is 9.52. The van der Waals surface area contributed by atoms with Crippen LogP contribution in [0.4, 0.5) is 0 Å². The first-order valence-corrected chi connectivity index (χ1v) is 9.90. The highest BCUT2D eigenvalue weighted by atomic mass is 35.5. The molecule has 2 heterocycles. The van der Waals surface area contributed by atoms with E-state index in [9.17, 15) is 9.59 Å². The van der Waals surface area contributed by atoms with Crippen LogP contribution in [0.15, 0.2) is 41.2 Å². The minimum Gasteiger partial charge on any atom is -0.494 e. The van der Waals surface area contributed by atoms with Crippen molar-refractivity contribution in [3.63, 3.8) is 0 Å². The van der Waals surface area contributed by atoms with E-state index in [1.165, 1.54) is 12.5 Å². The van der Waals surface area contributed by atoms with Crippen LogP contribution in [0.2, 0.25) is 5.02 Å². The van der Waals surface area contributed by atoms with Crippen molar-refractivity contribution in [2.24, 2.45) is 0 Å². The van der Waals surface area contributed by atoms with Crippen molar-refractivity contribution >= 4 is 23.4 Å². The van der Waals surface area contributed by atoms with E-state index in [-0.39, 0.29) is 17.9 Å². The molecule has 1 saturated heterocycles. The van der Waals surface area contributed by atoms with Gasteiger partial charge in [0, 0.05) is 30.6 Å². The van der Waals surface area contributed by atoms with E-state index in [1.54, 1.807) is 11.0 Å². The third-order valence-electron chi connectivity index (χ3n) is 4.86. The van der Waals surface area contributed by atoms with Crippen LogP contribution in [-0.2, 0) is 4.79 Å². The Labute approximate surface area is 169 Å². The van der Waals surface area contributed by atoms with Crippen molar-refractivity contribution in [2.75, 3.05) is 19.7 Å². The molecule has 150 valence electrons. The van der Waals surface area contributed by atoms with Crippen molar-refractivity contribution < 1.29 is 18.7 Å². The van der Waals surface area contributed by atoms with Crippen molar-refractivity contribution in [2.45, 2.75) is 38.6 Å². The molecule has 0 radical (unpaired) electrons. The van der Waals surface area contributed by atoms with E-state index >= 15 is 0 Å². The maximum Gasteiger partial charge on any atom is 0.257 e. The molecule has 1 aromatic heterocycles. The van der Waals surface area contributed by atoms with Crippen molar-refractivity contribution in [3.8, 4) is 5.75 Å². The van der Waals surface area contributed by atoms with Crippen LogP contribution < -0.4 is 10.1 Å². The molecule has 1 aliphatic rings.